The second kappa shape index (κ2) is 6.91. The highest BCUT2D eigenvalue weighted by Gasteiger charge is 2.27. The van der Waals surface area contributed by atoms with E-state index in [0.717, 1.165) is 37.9 Å². The van der Waals surface area contributed by atoms with Crippen molar-refractivity contribution in [3.63, 3.8) is 0 Å². The van der Waals surface area contributed by atoms with E-state index < -0.39 is 10.0 Å². The number of hydrogen-bond donors (Lipinski definition) is 3. The number of hydrogen-bond acceptors (Lipinski definition) is 4. The van der Waals surface area contributed by atoms with E-state index in [1.807, 2.05) is 0 Å². The lowest BCUT2D eigenvalue weighted by Gasteiger charge is -2.08. The molecule has 6 nitrogen and oxygen atoms in total. The highest BCUT2D eigenvalue weighted by Crippen LogP contribution is 2.22. The number of primary amides is 1. The topological polar surface area (TPSA) is 101 Å². The van der Waals surface area contributed by atoms with Gasteiger partial charge in [-0.3, -0.25) is 4.79 Å². The van der Waals surface area contributed by atoms with Crippen molar-refractivity contribution in [1.29, 1.82) is 0 Å². The molecule has 4 N–H and O–H groups in total. The van der Waals surface area contributed by atoms with Gasteiger partial charge in [0.2, 0.25) is 15.9 Å². The van der Waals surface area contributed by atoms with E-state index in [2.05, 4.69) is 10.0 Å². The van der Waals surface area contributed by atoms with Gasteiger partial charge < -0.3 is 11.1 Å². The minimum absolute atomic E-state index is 0.109. The fourth-order valence-electron chi connectivity index (χ4n) is 1.90. The van der Waals surface area contributed by atoms with E-state index >= 15 is 0 Å². The monoisotopic (exact) mass is 311 g/mol. The number of amides is 1. The van der Waals surface area contributed by atoms with Gasteiger partial charge in [0.25, 0.3) is 0 Å². The summed E-state index contributed by atoms with van der Waals surface area (Å²) in [5.74, 6) is -0.285. The van der Waals surface area contributed by atoms with E-state index in [1.165, 1.54) is 0 Å². The van der Waals surface area contributed by atoms with Gasteiger partial charge in [0, 0.05) is 24.7 Å². The van der Waals surface area contributed by atoms with Crippen LogP contribution in [-0.2, 0) is 14.8 Å². The van der Waals surface area contributed by atoms with Gasteiger partial charge >= 0.3 is 0 Å². The number of anilines is 1. The van der Waals surface area contributed by atoms with Crippen LogP contribution in [0.3, 0.4) is 0 Å². The molecule has 116 valence electrons. The van der Waals surface area contributed by atoms with E-state index in [9.17, 15) is 13.2 Å². The van der Waals surface area contributed by atoms with Gasteiger partial charge in [0.15, 0.2) is 0 Å². The first kappa shape index (κ1) is 15.8. The Bertz CT molecular complexity index is 580. The molecular weight excluding hydrogens is 290 g/mol. The third-order valence-electron chi connectivity index (χ3n) is 3.24. The number of nitrogens with one attached hydrogen (secondary N) is 2. The van der Waals surface area contributed by atoms with E-state index in [0.29, 0.717) is 6.42 Å². The number of benzene rings is 1. The second-order valence-electron chi connectivity index (χ2n) is 5.27. The highest BCUT2D eigenvalue weighted by atomic mass is 32.2. The van der Waals surface area contributed by atoms with Gasteiger partial charge in [-0.25, -0.2) is 13.1 Å². The van der Waals surface area contributed by atoms with Crippen LogP contribution in [0.25, 0.3) is 0 Å². The van der Waals surface area contributed by atoms with Crippen molar-refractivity contribution in [1.82, 2.24) is 4.72 Å². The van der Waals surface area contributed by atoms with Crippen LogP contribution in [0.4, 0.5) is 5.69 Å². The van der Waals surface area contributed by atoms with Crippen molar-refractivity contribution in [2.24, 2.45) is 5.73 Å². The molecule has 1 aliphatic carbocycles. The Morgan fingerprint density at radius 3 is 2.43 bits per heavy atom. The van der Waals surface area contributed by atoms with Gasteiger partial charge in [0.1, 0.15) is 0 Å². The predicted octanol–water partition coefficient (Wildman–Crippen LogP) is 1.19. The van der Waals surface area contributed by atoms with E-state index in [1.54, 1.807) is 24.3 Å². The number of carbonyl (C=O) groups is 1. The summed E-state index contributed by atoms with van der Waals surface area (Å²) in [7, 11) is -3.38. The van der Waals surface area contributed by atoms with Crippen LogP contribution in [0, 0.1) is 0 Å². The number of unbranched alkanes of at least 4 members (excludes halogenated alkanes) is 1. The molecule has 0 bridgehead atoms. The lowest BCUT2D eigenvalue weighted by molar-refractivity contribution is -0.118. The van der Waals surface area contributed by atoms with Gasteiger partial charge in [-0.2, -0.15) is 0 Å². The average Bonchev–Trinajstić information content (AvgIpc) is 3.22. The van der Waals surface area contributed by atoms with Crippen LogP contribution in [-0.4, -0.2) is 26.9 Å². The summed E-state index contributed by atoms with van der Waals surface area (Å²) in [6, 6.07) is 6.79. The standard InChI is InChI=1S/C14H21N3O3S/c15-14(18)3-1-2-10-16-11-6-8-13(9-7-11)21(19,20)17-12-4-5-12/h6-9,12,16-17H,1-5,10H2,(H2,15,18). The quantitative estimate of drug-likeness (QED) is 0.596. The van der Waals surface area contributed by atoms with Gasteiger partial charge in [-0.1, -0.05) is 0 Å². The molecule has 1 fully saturated rings. The molecule has 0 saturated heterocycles. The minimum atomic E-state index is -3.38. The second-order valence-corrected chi connectivity index (χ2v) is 6.98. The van der Waals surface area contributed by atoms with Crippen LogP contribution in [0.2, 0.25) is 0 Å². The van der Waals surface area contributed by atoms with Crippen LogP contribution in [0.5, 0.6) is 0 Å². The van der Waals surface area contributed by atoms with Gasteiger partial charge in [-0.15, -0.1) is 0 Å². The summed E-state index contributed by atoms with van der Waals surface area (Å²) < 4.78 is 26.6. The zero-order valence-corrected chi connectivity index (χ0v) is 12.7. The van der Waals surface area contributed by atoms with Gasteiger partial charge in [0.05, 0.1) is 4.90 Å². The molecule has 21 heavy (non-hydrogen) atoms. The number of nitrogens with two attached hydrogens (primary N) is 1. The fourth-order valence-corrected chi connectivity index (χ4v) is 3.20. The minimum Gasteiger partial charge on any atom is -0.385 e. The van der Waals surface area contributed by atoms with E-state index in [-0.39, 0.29) is 16.8 Å². The van der Waals surface area contributed by atoms with Crippen LogP contribution in [0.1, 0.15) is 32.1 Å². The smallest absolute Gasteiger partial charge is 0.240 e. The van der Waals surface area contributed by atoms with Crippen LogP contribution in [0.15, 0.2) is 29.2 Å². The maximum atomic E-state index is 12.0. The fraction of sp³-hybridized carbons (Fsp3) is 0.500. The van der Waals surface area contributed by atoms with Crippen molar-refractivity contribution >= 4 is 21.6 Å². The third-order valence-corrected chi connectivity index (χ3v) is 4.78. The first-order valence-electron chi connectivity index (χ1n) is 7.12. The summed E-state index contributed by atoms with van der Waals surface area (Å²) in [4.78, 5) is 10.9. The Morgan fingerprint density at radius 2 is 1.86 bits per heavy atom. The summed E-state index contributed by atoms with van der Waals surface area (Å²) in [6.07, 6.45) is 3.83. The summed E-state index contributed by atoms with van der Waals surface area (Å²) >= 11 is 0. The molecule has 1 saturated carbocycles. The number of rotatable bonds is 9. The molecule has 1 aromatic rings. The Labute approximate surface area is 125 Å². The summed E-state index contributed by atoms with van der Waals surface area (Å²) in [5, 5.41) is 3.18. The molecule has 0 atom stereocenters. The zero-order chi connectivity index (χ0) is 15.3. The van der Waals surface area contributed by atoms with Crippen molar-refractivity contribution in [3.8, 4) is 0 Å². The first-order chi connectivity index (χ1) is 9.97. The molecule has 1 aromatic carbocycles. The molecule has 1 amide bonds. The Morgan fingerprint density at radius 1 is 1.19 bits per heavy atom. The molecule has 0 spiro atoms. The summed E-state index contributed by atoms with van der Waals surface area (Å²) in [5.41, 5.74) is 5.92. The lowest BCUT2D eigenvalue weighted by Crippen LogP contribution is -2.25. The Hall–Kier alpha value is -1.60. The first-order valence-corrected chi connectivity index (χ1v) is 8.60. The maximum Gasteiger partial charge on any atom is 0.240 e. The Kier molecular flexibility index (Phi) is 5.19. The van der Waals surface area contributed by atoms with Crippen molar-refractivity contribution in [2.75, 3.05) is 11.9 Å². The molecule has 1 aliphatic rings. The predicted molar refractivity (Wildman–Crippen MR) is 81.3 cm³/mol. The molecule has 0 aliphatic heterocycles. The average molecular weight is 311 g/mol. The third kappa shape index (κ3) is 5.35. The van der Waals surface area contributed by atoms with Crippen LogP contribution >= 0.6 is 0 Å². The van der Waals surface area contributed by atoms with Crippen molar-refractivity contribution in [3.05, 3.63) is 24.3 Å². The highest BCUT2D eigenvalue weighted by molar-refractivity contribution is 7.89. The molecule has 7 heteroatoms. The van der Waals surface area contributed by atoms with Crippen LogP contribution < -0.4 is 15.8 Å². The SMILES string of the molecule is NC(=O)CCCCNc1ccc(S(=O)(=O)NC2CC2)cc1. The van der Waals surface area contributed by atoms with E-state index in [4.69, 9.17) is 5.73 Å². The lowest BCUT2D eigenvalue weighted by atomic mass is 10.2. The Balaban J connectivity index is 1.80. The molecule has 0 heterocycles. The normalized spacial score (nSPS) is 14.9. The van der Waals surface area contributed by atoms with Crippen molar-refractivity contribution in [2.45, 2.75) is 43.0 Å². The number of sulfonamides is 1. The molecule has 0 unspecified atom stereocenters. The molecule has 0 radical (unpaired) electrons. The maximum absolute atomic E-state index is 12.0. The van der Waals surface area contributed by atoms with Gasteiger partial charge in [-0.05, 0) is 49.9 Å². The largest absolute Gasteiger partial charge is 0.385 e. The zero-order valence-electron chi connectivity index (χ0n) is 11.8. The number of carbonyl (C=O) groups excluding carboxylic acids is 1. The molecule has 0 aromatic heterocycles. The summed E-state index contributed by atoms with van der Waals surface area (Å²) in [6.45, 7) is 0.722. The van der Waals surface area contributed by atoms with Crippen molar-refractivity contribution < 1.29 is 13.2 Å². The molecule has 2 rings (SSSR count). The molecular formula is C14H21N3O3S.